The molecule has 0 saturated carbocycles. The van der Waals surface area contributed by atoms with Crippen LogP contribution in [0.5, 0.6) is 0 Å². The van der Waals surface area contributed by atoms with Crippen LogP contribution in [0.25, 0.3) is 0 Å². The Morgan fingerprint density at radius 1 is 1.11 bits per heavy atom. The number of nitrogens with zero attached hydrogens (tertiary/aromatic N) is 3. The number of aliphatic imine (C=N–C) groups is 1. The molecule has 1 aliphatic heterocycles. The molecule has 0 spiro atoms. The van der Waals surface area contributed by atoms with E-state index in [1.54, 1.807) is 0 Å². The number of hydrogen-bond acceptors (Lipinski definition) is 2. The lowest BCUT2D eigenvalue weighted by Gasteiger charge is -2.15. The van der Waals surface area contributed by atoms with Crippen molar-refractivity contribution in [1.82, 2.24) is 20.1 Å². The summed E-state index contributed by atoms with van der Waals surface area (Å²) in [5.41, 5.74) is 2.34. The van der Waals surface area contributed by atoms with Crippen molar-refractivity contribution >= 4 is 35.8 Å². The van der Waals surface area contributed by atoms with Gasteiger partial charge in [-0.1, -0.05) is 24.3 Å². The van der Waals surface area contributed by atoms with Gasteiger partial charge in [0, 0.05) is 51.5 Å². The Morgan fingerprint density at radius 2 is 1.82 bits per heavy atom. The van der Waals surface area contributed by atoms with Crippen LogP contribution in [0.15, 0.2) is 53.8 Å². The normalized spacial score (nSPS) is 14.1. The lowest BCUT2D eigenvalue weighted by molar-refractivity contribution is -0.128. The summed E-state index contributed by atoms with van der Waals surface area (Å²) >= 11 is 0. The highest BCUT2D eigenvalue weighted by molar-refractivity contribution is 14.0. The van der Waals surface area contributed by atoms with Crippen LogP contribution in [0.2, 0.25) is 0 Å². The van der Waals surface area contributed by atoms with Gasteiger partial charge in [0.2, 0.25) is 5.91 Å². The highest BCUT2D eigenvalue weighted by Crippen LogP contribution is 2.15. The van der Waals surface area contributed by atoms with Crippen molar-refractivity contribution in [2.45, 2.75) is 39.4 Å². The average Bonchev–Trinajstić information content (AvgIpc) is 3.33. The fourth-order valence-corrected chi connectivity index (χ4v) is 3.18. The number of benzene rings is 1. The van der Waals surface area contributed by atoms with Crippen molar-refractivity contribution in [2.75, 3.05) is 19.6 Å². The van der Waals surface area contributed by atoms with Gasteiger partial charge in [-0.05, 0) is 36.6 Å². The minimum absolute atomic E-state index is 0. The van der Waals surface area contributed by atoms with Gasteiger partial charge in [-0.15, -0.1) is 24.0 Å². The molecule has 1 amide bonds. The summed E-state index contributed by atoms with van der Waals surface area (Å²) in [7, 11) is 0. The van der Waals surface area contributed by atoms with Crippen molar-refractivity contribution < 1.29 is 4.79 Å². The first-order chi connectivity index (χ1) is 13.2. The molecular weight excluding hydrogens is 465 g/mol. The topological polar surface area (TPSA) is 61.7 Å². The average molecular weight is 495 g/mol. The van der Waals surface area contributed by atoms with Gasteiger partial charge in [0.1, 0.15) is 0 Å². The van der Waals surface area contributed by atoms with Gasteiger partial charge in [0.15, 0.2) is 5.96 Å². The molecule has 2 N–H and O–H groups in total. The second-order valence-corrected chi connectivity index (χ2v) is 6.78. The molecule has 0 unspecified atom stereocenters. The van der Waals surface area contributed by atoms with Gasteiger partial charge < -0.3 is 20.1 Å². The third kappa shape index (κ3) is 6.85. The van der Waals surface area contributed by atoms with E-state index in [1.807, 2.05) is 17.0 Å². The van der Waals surface area contributed by atoms with Crippen LogP contribution in [-0.2, 0) is 24.4 Å². The van der Waals surface area contributed by atoms with Crippen molar-refractivity contribution in [3.63, 3.8) is 0 Å². The largest absolute Gasteiger partial charge is 0.357 e. The van der Waals surface area contributed by atoms with Crippen molar-refractivity contribution in [2.24, 2.45) is 4.99 Å². The molecule has 28 heavy (non-hydrogen) atoms. The number of carbonyl (C=O) groups excluding carboxylic acids is 1. The molecule has 0 aliphatic carbocycles. The molecule has 3 rings (SSSR count). The number of rotatable bonds is 8. The molecule has 1 aromatic heterocycles. The van der Waals surface area contributed by atoms with Gasteiger partial charge in [-0.25, -0.2) is 4.99 Å². The molecule has 0 radical (unpaired) electrons. The zero-order valence-corrected chi connectivity index (χ0v) is 18.8. The fraction of sp³-hybridized carbons (Fsp3) is 0.429. The van der Waals surface area contributed by atoms with Crippen LogP contribution in [0.4, 0.5) is 0 Å². The Morgan fingerprint density at radius 3 is 2.46 bits per heavy atom. The lowest BCUT2D eigenvalue weighted by Crippen LogP contribution is -2.38. The summed E-state index contributed by atoms with van der Waals surface area (Å²) in [6.45, 7) is 6.85. The van der Waals surface area contributed by atoms with Gasteiger partial charge in [-0.3, -0.25) is 4.79 Å². The molecule has 7 heteroatoms. The fourth-order valence-electron chi connectivity index (χ4n) is 3.18. The third-order valence-corrected chi connectivity index (χ3v) is 4.66. The third-order valence-electron chi connectivity index (χ3n) is 4.66. The van der Waals surface area contributed by atoms with E-state index in [0.717, 1.165) is 44.1 Å². The number of halogens is 1. The maximum absolute atomic E-state index is 11.7. The summed E-state index contributed by atoms with van der Waals surface area (Å²) in [5.74, 6) is 1.10. The number of aromatic nitrogens is 1. The molecule has 0 atom stereocenters. The molecule has 1 aliphatic rings. The molecule has 0 bridgehead atoms. The highest BCUT2D eigenvalue weighted by Gasteiger charge is 2.19. The second-order valence-electron chi connectivity index (χ2n) is 6.78. The van der Waals surface area contributed by atoms with Crippen LogP contribution < -0.4 is 10.6 Å². The summed E-state index contributed by atoms with van der Waals surface area (Å²) in [4.78, 5) is 18.3. The molecule has 2 heterocycles. The van der Waals surface area contributed by atoms with Crippen LogP contribution in [0, 0.1) is 0 Å². The van der Waals surface area contributed by atoms with E-state index >= 15 is 0 Å². The van der Waals surface area contributed by atoms with Crippen molar-refractivity contribution in [3.05, 3.63) is 59.9 Å². The van der Waals surface area contributed by atoms with Gasteiger partial charge >= 0.3 is 0 Å². The van der Waals surface area contributed by atoms with Gasteiger partial charge in [0.05, 0.1) is 6.54 Å². The Labute approximate surface area is 184 Å². The first-order valence-electron chi connectivity index (χ1n) is 9.73. The van der Waals surface area contributed by atoms with Crippen molar-refractivity contribution in [1.29, 1.82) is 0 Å². The van der Waals surface area contributed by atoms with Gasteiger partial charge in [0.25, 0.3) is 0 Å². The maximum Gasteiger partial charge on any atom is 0.222 e. The molecule has 1 aromatic carbocycles. The van der Waals surface area contributed by atoms with E-state index in [0.29, 0.717) is 19.5 Å². The minimum Gasteiger partial charge on any atom is -0.357 e. The SMILES string of the molecule is CCNC(=NCc1ccc(CN2CCCC2=O)cc1)NCCn1cccc1.I. The van der Waals surface area contributed by atoms with E-state index in [9.17, 15) is 4.79 Å². The number of nitrogens with one attached hydrogen (secondary N) is 2. The Kier molecular flexibility index (Phi) is 9.33. The first-order valence-corrected chi connectivity index (χ1v) is 9.73. The van der Waals surface area contributed by atoms with Gasteiger partial charge in [-0.2, -0.15) is 0 Å². The molecule has 1 saturated heterocycles. The van der Waals surface area contributed by atoms with Crippen LogP contribution in [0.3, 0.4) is 0 Å². The van der Waals surface area contributed by atoms with E-state index in [-0.39, 0.29) is 29.9 Å². The molecule has 6 nitrogen and oxygen atoms in total. The number of carbonyl (C=O) groups is 1. The van der Waals surface area contributed by atoms with Crippen molar-refractivity contribution in [3.8, 4) is 0 Å². The minimum atomic E-state index is 0. The molecule has 152 valence electrons. The Balaban J connectivity index is 0.00000280. The quantitative estimate of drug-likeness (QED) is 0.337. The number of amides is 1. The smallest absolute Gasteiger partial charge is 0.222 e. The second kappa shape index (κ2) is 11.7. The van der Waals surface area contributed by atoms with Crippen LogP contribution in [0.1, 0.15) is 30.9 Å². The predicted molar refractivity (Wildman–Crippen MR) is 124 cm³/mol. The lowest BCUT2D eigenvalue weighted by atomic mass is 10.1. The Hall–Kier alpha value is -2.03. The summed E-state index contributed by atoms with van der Waals surface area (Å²) in [6, 6.07) is 12.5. The summed E-state index contributed by atoms with van der Waals surface area (Å²) in [5, 5.41) is 6.65. The summed E-state index contributed by atoms with van der Waals surface area (Å²) < 4.78 is 2.14. The standard InChI is InChI=1S/C21H29N5O.HI/c1-2-22-21(23-11-15-25-12-3-4-13-25)24-16-18-7-9-19(10-8-18)17-26-14-5-6-20(26)27;/h3-4,7-10,12-13H,2,5-6,11,14-17H2,1H3,(H2,22,23,24);1H. The van der Waals surface area contributed by atoms with E-state index in [4.69, 9.17) is 0 Å². The predicted octanol–water partition coefficient (Wildman–Crippen LogP) is 2.98. The number of hydrogen-bond donors (Lipinski definition) is 2. The zero-order valence-electron chi connectivity index (χ0n) is 16.4. The number of likely N-dealkylation sites (tertiary alicyclic amines) is 1. The van der Waals surface area contributed by atoms with E-state index in [1.165, 1.54) is 5.56 Å². The molecule has 1 fully saturated rings. The van der Waals surface area contributed by atoms with Crippen LogP contribution >= 0.6 is 24.0 Å². The first kappa shape index (κ1) is 22.3. The Bertz CT molecular complexity index is 743. The van der Waals surface area contributed by atoms with E-state index in [2.05, 4.69) is 63.8 Å². The zero-order chi connectivity index (χ0) is 18.9. The summed E-state index contributed by atoms with van der Waals surface area (Å²) in [6.07, 6.45) is 5.79. The monoisotopic (exact) mass is 495 g/mol. The number of guanidine groups is 1. The van der Waals surface area contributed by atoms with E-state index < -0.39 is 0 Å². The maximum atomic E-state index is 11.7. The highest BCUT2D eigenvalue weighted by atomic mass is 127. The molecule has 2 aromatic rings. The van der Waals surface area contributed by atoms with Crippen LogP contribution in [-0.4, -0.2) is 41.0 Å². The molecular formula is C21H30IN5O.